The Morgan fingerprint density at radius 3 is 2.37 bits per heavy atom. The van der Waals surface area contributed by atoms with Crippen molar-refractivity contribution in [1.29, 1.82) is 0 Å². The second-order valence-corrected chi connectivity index (χ2v) is 7.87. The van der Waals surface area contributed by atoms with E-state index < -0.39 is 0 Å². The van der Waals surface area contributed by atoms with Crippen molar-refractivity contribution in [3.05, 3.63) is 93.4 Å². The molecule has 27 heavy (non-hydrogen) atoms. The van der Waals surface area contributed by atoms with Crippen LogP contribution < -0.4 is 5.32 Å². The van der Waals surface area contributed by atoms with Gasteiger partial charge >= 0.3 is 0 Å². The number of hydrogen-bond acceptors (Lipinski definition) is 2. The fraction of sp³-hybridized carbons (Fsp3) is 0. The van der Waals surface area contributed by atoms with E-state index in [-0.39, 0.29) is 5.91 Å². The molecule has 3 nitrogen and oxygen atoms in total. The molecule has 1 amide bonds. The number of nitrogens with zero attached hydrogens (tertiary/aromatic N) is 1. The van der Waals surface area contributed by atoms with E-state index in [4.69, 9.17) is 4.98 Å². The Morgan fingerprint density at radius 2 is 1.59 bits per heavy atom. The van der Waals surface area contributed by atoms with Gasteiger partial charge in [-0.05, 0) is 42.5 Å². The Balaban J connectivity index is 1.80. The predicted molar refractivity (Wildman–Crippen MR) is 117 cm³/mol. The lowest BCUT2D eigenvalue weighted by Crippen LogP contribution is -2.13. The van der Waals surface area contributed by atoms with Gasteiger partial charge in [0.05, 0.1) is 16.8 Å². The number of rotatable bonds is 3. The van der Waals surface area contributed by atoms with Gasteiger partial charge in [-0.2, -0.15) is 0 Å². The third kappa shape index (κ3) is 3.94. The topological polar surface area (TPSA) is 42.0 Å². The molecule has 0 saturated carbocycles. The van der Waals surface area contributed by atoms with E-state index >= 15 is 0 Å². The Kier molecular flexibility index (Phi) is 5.05. The highest BCUT2D eigenvalue weighted by Gasteiger charge is 2.14. The van der Waals surface area contributed by atoms with E-state index in [1.54, 1.807) is 0 Å². The molecule has 0 unspecified atom stereocenters. The molecule has 0 atom stereocenters. The highest BCUT2D eigenvalue weighted by atomic mass is 79.9. The van der Waals surface area contributed by atoms with Crippen LogP contribution in [-0.2, 0) is 0 Å². The number of fused-ring (bicyclic) bond motifs is 1. The number of carbonyl (C=O) groups excluding carboxylic acids is 1. The number of para-hydroxylation sites is 1. The molecule has 0 aliphatic heterocycles. The monoisotopic (exact) mass is 480 g/mol. The summed E-state index contributed by atoms with van der Waals surface area (Å²) in [6, 6.07) is 25.0. The molecule has 1 heterocycles. The molecule has 5 heteroatoms. The average molecular weight is 482 g/mol. The summed E-state index contributed by atoms with van der Waals surface area (Å²) in [6.45, 7) is 0. The van der Waals surface area contributed by atoms with E-state index in [2.05, 4.69) is 37.2 Å². The van der Waals surface area contributed by atoms with Crippen molar-refractivity contribution >= 4 is 54.4 Å². The molecule has 0 aliphatic carbocycles. The lowest BCUT2D eigenvalue weighted by atomic mass is 10.0. The van der Waals surface area contributed by atoms with Crippen LogP contribution in [0.3, 0.4) is 0 Å². The fourth-order valence-electron chi connectivity index (χ4n) is 2.90. The van der Waals surface area contributed by atoms with E-state index in [1.165, 1.54) is 0 Å². The molecule has 0 spiro atoms. The Morgan fingerprint density at radius 1 is 0.815 bits per heavy atom. The molecule has 0 aliphatic rings. The molecule has 0 fully saturated rings. The van der Waals surface area contributed by atoms with Gasteiger partial charge in [0.15, 0.2) is 0 Å². The maximum absolute atomic E-state index is 13.0. The van der Waals surface area contributed by atoms with Crippen LogP contribution >= 0.6 is 31.9 Å². The predicted octanol–water partition coefficient (Wildman–Crippen LogP) is 6.68. The minimum atomic E-state index is -0.162. The molecule has 3 aromatic carbocycles. The van der Waals surface area contributed by atoms with Gasteiger partial charge in [0, 0.05) is 25.6 Å². The standard InChI is InChI=1S/C22H14Br2N2O/c23-15-10-8-14(9-11-15)21-13-19(18-6-1-2-7-20(18)26-21)22(27)25-17-5-3-4-16(24)12-17/h1-13H,(H,25,27). The number of carbonyl (C=O) groups is 1. The number of hydrogen-bond donors (Lipinski definition) is 1. The highest BCUT2D eigenvalue weighted by molar-refractivity contribution is 9.10. The van der Waals surface area contributed by atoms with Crippen LogP contribution in [0.15, 0.2) is 87.8 Å². The van der Waals surface area contributed by atoms with Gasteiger partial charge in [0.1, 0.15) is 0 Å². The molecule has 1 aromatic heterocycles. The zero-order valence-electron chi connectivity index (χ0n) is 14.1. The van der Waals surface area contributed by atoms with Crippen LogP contribution in [0.1, 0.15) is 10.4 Å². The van der Waals surface area contributed by atoms with Gasteiger partial charge in [-0.25, -0.2) is 4.98 Å². The average Bonchev–Trinajstić information content (AvgIpc) is 2.67. The molecular formula is C22H14Br2N2O. The first kappa shape index (κ1) is 17.9. The fourth-order valence-corrected chi connectivity index (χ4v) is 3.56. The summed E-state index contributed by atoms with van der Waals surface area (Å²) in [4.78, 5) is 17.8. The van der Waals surface area contributed by atoms with Crippen LogP contribution in [0, 0.1) is 0 Å². The number of halogens is 2. The maximum atomic E-state index is 13.0. The Hall–Kier alpha value is -2.50. The number of aromatic nitrogens is 1. The third-order valence-corrected chi connectivity index (χ3v) is 5.21. The van der Waals surface area contributed by atoms with Crippen LogP contribution in [0.4, 0.5) is 5.69 Å². The number of pyridine rings is 1. The molecule has 4 aromatic rings. The van der Waals surface area contributed by atoms with Crippen LogP contribution in [-0.4, -0.2) is 10.9 Å². The SMILES string of the molecule is O=C(Nc1cccc(Br)c1)c1cc(-c2ccc(Br)cc2)nc2ccccc12. The molecule has 132 valence electrons. The first-order chi connectivity index (χ1) is 13.1. The van der Waals surface area contributed by atoms with Gasteiger partial charge in [-0.15, -0.1) is 0 Å². The highest BCUT2D eigenvalue weighted by Crippen LogP contribution is 2.27. The summed E-state index contributed by atoms with van der Waals surface area (Å²) >= 11 is 6.88. The summed E-state index contributed by atoms with van der Waals surface area (Å²) in [5.74, 6) is -0.162. The second kappa shape index (κ2) is 7.62. The maximum Gasteiger partial charge on any atom is 0.256 e. The van der Waals surface area contributed by atoms with Gasteiger partial charge in [-0.3, -0.25) is 4.79 Å². The molecule has 0 radical (unpaired) electrons. The van der Waals surface area contributed by atoms with E-state index in [9.17, 15) is 4.79 Å². The van der Waals surface area contributed by atoms with E-state index in [1.807, 2.05) is 78.9 Å². The number of nitrogens with one attached hydrogen (secondary N) is 1. The largest absolute Gasteiger partial charge is 0.322 e. The van der Waals surface area contributed by atoms with Crippen LogP contribution in [0.5, 0.6) is 0 Å². The summed E-state index contributed by atoms with van der Waals surface area (Å²) < 4.78 is 1.91. The molecule has 1 N–H and O–H groups in total. The van der Waals surface area contributed by atoms with Crippen molar-refractivity contribution in [2.45, 2.75) is 0 Å². The van der Waals surface area contributed by atoms with Gasteiger partial charge in [0.2, 0.25) is 0 Å². The summed E-state index contributed by atoms with van der Waals surface area (Å²) in [7, 11) is 0. The minimum absolute atomic E-state index is 0.162. The van der Waals surface area contributed by atoms with Crippen molar-refractivity contribution in [3.63, 3.8) is 0 Å². The normalized spacial score (nSPS) is 10.7. The number of anilines is 1. The molecular weight excluding hydrogens is 468 g/mol. The number of benzene rings is 3. The van der Waals surface area contributed by atoms with Crippen LogP contribution in [0.2, 0.25) is 0 Å². The van der Waals surface area contributed by atoms with Crippen molar-refractivity contribution in [1.82, 2.24) is 4.98 Å². The first-order valence-corrected chi connectivity index (χ1v) is 9.91. The minimum Gasteiger partial charge on any atom is -0.322 e. The van der Waals surface area contributed by atoms with Crippen molar-refractivity contribution in [2.75, 3.05) is 5.32 Å². The quantitative estimate of drug-likeness (QED) is 0.354. The van der Waals surface area contributed by atoms with Gasteiger partial charge < -0.3 is 5.32 Å². The summed E-state index contributed by atoms with van der Waals surface area (Å²) in [5.41, 5.74) is 3.84. The molecule has 4 rings (SSSR count). The van der Waals surface area contributed by atoms with Crippen molar-refractivity contribution in [3.8, 4) is 11.3 Å². The molecule has 0 saturated heterocycles. The Labute approximate surface area is 173 Å². The number of amides is 1. The van der Waals surface area contributed by atoms with Gasteiger partial charge in [-0.1, -0.05) is 68.3 Å². The summed E-state index contributed by atoms with van der Waals surface area (Å²) in [5, 5.41) is 3.80. The van der Waals surface area contributed by atoms with E-state index in [0.717, 1.165) is 36.8 Å². The smallest absolute Gasteiger partial charge is 0.256 e. The summed E-state index contributed by atoms with van der Waals surface area (Å²) in [6.07, 6.45) is 0. The van der Waals surface area contributed by atoms with Crippen molar-refractivity contribution in [2.24, 2.45) is 0 Å². The second-order valence-electron chi connectivity index (χ2n) is 6.04. The molecule has 0 bridgehead atoms. The lowest BCUT2D eigenvalue weighted by molar-refractivity contribution is 0.102. The Bertz CT molecular complexity index is 1140. The third-order valence-electron chi connectivity index (χ3n) is 4.18. The van der Waals surface area contributed by atoms with Gasteiger partial charge in [0.25, 0.3) is 5.91 Å². The zero-order valence-corrected chi connectivity index (χ0v) is 17.3. The van der Waals surface area contributed by atoms with Crippen molar-refractivity contribution < 1.29 is 4.79 Å². The zero-order chi connectivity index (χ0) is 18.8. The lowest BCUT2D eigenvalue weighted by Gasteiger charge is -2.11. The van der Waals surface area contributed by atoms with E-state index in [0.29, 0.717) is 5.56 Å². The van der Waals surface area contributed by atoms with Crippen LogP contribution in [0.25, 0.3) is 22.2 Å². The first-order valence-electron chi connectivity index (χ1n) is 8.33.